The molecule has 2 unspecified atom stereocenters. The monoisotopic (exact) mass is 212 g/mol. The first-order valence-electron chi connectivity index (χ1n) is 5.93. The summed E-state index contributed by atoms with van der Waals surface area (Å²) in [4.78, 5) is 11.7. The molecule has 2 aliphatic rings. The molecule has 0 radical (unpaired) electrons. The Bertz CT molecular complexity index is 229. The van der Waals surface area contributed by atoms with Crippen LogP contribution in [0.2, 0.25) is 0 Å². The zero-order valence-electron chi connectivity index (χ0n) is 9.29. The zero-order chi connectivity index (χ0) is 10.7. The molecule has 2 aliphatic heterocycles. The van der Waals surface area contributed by atoms with E-state index in [9.17, 15) is 4.79 Å². The van der Waals surface area contributed by atoms with Crippen LogP contribution in [0.5, 0.6) is 0 Å². The van der Waals surface area contributed by atoms with Crippen molar-refractivity contribution < 1.29 is 9.53 Å². The van der Waals surface area contributed by atoms with E-state index in [-0.39, 0.29) is 12.0 Å². The van der Waals surface area contributed by atoms with Crippen LogP contribution in [0.3, 0.4) is 0 Å². The van der Waals surface area contributed by atoms with Gasteiger partial charge in [-0.1, -0.05) is 6.92 Å². The average molecular weight is 212 g/mol. The van der Waals surface area contributed by atoms with Crippen LogP contribution in [0.4, 0.5) is 0 Å². The molecular formula is C11H20N2O2. The molecule has 2 heterocycles. The summed E-state index contributed by atoms with van der Waals surface area (Å²) in [5.74, 6) is 0.704. The zero-order valence-corrected chi connectivity index (χ0v) is 9.29. The molecule has 0 spiro atoms. The molecule has 0 bridgehead atoms. The Balaban J connectivity index is 1.66. The number of amides is 1. The maximum atomic E-state index is 11.7. The summed E-state index contributed by atoms with van der Waals surface area (Å²) in [5.41, 5.74) is 0. The Morgan fingerprint density at radius 3 is 2.80 bits per heavy atom. The number of hydrogen-bond acceptors (Lipinski definition) is 3. The normalized spacial score (nSPS) is 31.3. The smallest absolute Gasteiger partial charge is 0.249 e. The van der Waals surface area contributed by atoms with Crippen molar-refractivity contribution >= 4 is 5.91 Å². The summed E-state index contributed by atoms with van der Waals surface area (Å²) in [6.07, 6.45) is 3.03. The fourth-order valence-electron chi connectivity index (χ4n) is 2.05. The highest BCUT2D eigenvalue weighted by molar-refractivity contribution is 5.81. The Labute approximate surface area is 90.8 Å². The fourth-order valence-corrected chi connectivity index (χ4v) is 2.05. The van der Waals surface area contributed by atoms with Gasteiger partial charge in [0, 0.05) is 25.6 Å². The van der Waals surface area contributed by atoms with Crippen molar-refractivity contribution in [2.24, 2.45) is 5.92 Å². The first-order chi connectivity index (χ1) is 7.29. The summed E-state index contributed by atoms with van der Waals surface area (Å²) in [6.45, 7) is 4.96. The first kappa shape index (κ1) is 10.9. The van der Waals surface area contributed by atoms with Crippen LogP contribution in [0, 0.1) is 5.92 Å². The van der Waals surface area contributed by atoms with E-state index in [2.05, 4.69) is 17.6 Å². The van der Waals surface area contributed by atoms with Gasteiger partial charge in [0.15, 0.2) is 0 Å². The standard InChI is InChI=1S/C11H20N2O2/c1-2-9-3-4-10(15-9)11(14)13-7-8-5-12-6-8/h8-10,12H,2-7H2,1H3,(H,13,14). The van der Waals surface area contributed by atoms with Crippen LogP contribution in [-0.4, -0.2) is 37.7 Å². The third kappa shape index (κ3) is 2.69. The minimum Gasteiger partial charge on any atom is -0.365 e. The number of nitrogens with one attached hydrogen (secondary N) is 2. The molecule has 2 rings (SSSR count). The second-order valence-corrected chi connectivity index (χ2v) is 4.50. The van der Waals surface area contributed by atoms with Gasteiger partial charge in [-0.05, 0) is 19.3 Å². The second kappa shape index (κ2) is 4.94. The van der Waals surface area contributed by atoms with Crippen molar-refractivity contribution in [1.82, 2.24) is 10.6 Å². The minimum absolute atomic E-state index is 0.0813. The van der Waals surface area contributed by atoms with Crippen LogP contribution in [0.15, 0.2) is 0 Å². The van der Waals surface area contributed by atoms with Crippen molar-refractivity contribution in [2.75, 3.05) is 19.6 Å². The van der Waals surface area contributed by atoms with E-state index < -0.39 is 0 Å². The van der Waals surface area contributed by atoms with Gasteiger partial charge in [-0.2, -0.15) is 0 Å². The fraction of sp³-hybridized carbons (Fsp3) is 0.909. The van der Waals surface area contributed by atoms with E-state index in [0.717, 1.165) is 38.9 Å². The molecule has 1 amide bonds. The maximum Gasteiger partial charge on any atom is 0.249 e. The predicted molar refractivity (Wildman–Crippen MR) is 57.6 cm³/mol. The van der Waals surface area contributed by atoms with Gasteiger partial charge in [-0.25, -0.2) is 0 Å². The Morgan fingerprint density at radius 2 is 2.27 bits per heavy atom. The molecule has 15 heavy (non-hydrogen) atoms. The van der Waals surface area contributed by atoms with E-state index in [1.54, 1.807) is 0 Å². The lowest BCUT2D eigenvalue weighted by atomic mass is 10.0. The molecular weight excluding hydrogens is 192 g/mol. The Morgan fingerprint density at radius 1 is 1.47 bits per heavy atom. The molecule has 0 aliphatic carbocycles. The third-order valence-corrected chi connectivity index (χ3v) is 3.29. The van der Waals surface area contributed by atoms with Crippen LogP contribution in [-0.2, 0) is 9.53 Å². The van der Waals surface area contributed by atoms with Crippen LogP contribution in [0.25, 0.3) is 0 Å². The van der Waals surface area contributed by atoms with Crippen LogP contribution < -0.4 is 10.6 Å². The number of hydrogen-bond donors (Lipinski definition) is 2. The van der Waals surface area contributed by atoms with Gasteiger partial charge < -0.3 is 15.4 Å². The summed E-state index contributed by atoms with van der Waals surface area (Å²) >= 11 is 0. The molecule has 86 valence electrons. The second-order valence-electron chi connectivity index (χ2n) is 4.50. The van der Waals surface area contributed by atoms with Gasteiger partial charge in [-0.3, -0.25) is 4.79 Å². The largest absolute Gasteiger partial charge is 0.365 e. The number of carbonyl (C=O) groups excluding carboxylic acids is 1. The molecule has 4 heteroatoms. The summed E-state index contributed by atoms with van der Waals surface area (Å²) in [7, 11) is 0. The highest BCUT2D eigenvalue weighted by Crippen LogP contribution is 2.21. The molecule has 2 saturated heterocycles. The topological polar surface area (TPSA) is 50.4 Å². The molecule has 2 fully saturated rings. The van der Waals surface area contributed by atoms with Gasteiger partial charge in [-0.15, -0.1) is 0 Å². The van der Waals surface area contributed by atoms with Gasteiger partial charge in [0.1, 0.15) is 6.10 Å². The number of ether oxygens (including phenoxy) is 1. The SMILES string of the molecule is CCC1CCC(C(=O)NCC2CNC2)O1. The first-order valence-corrected chi connectivity index (χ1v) is 5.93. The lowest BCUT2D eigenvalue weighted by Crippen LogP contribution is -2.49. The highest BCUT2D eigenvalue weighted by atomic mass is 16.5. The predicted octanol–water partition coefficient (Wildman–Crippen LogP) is 0.280. The molecule has 0 aromatic rings. The van der Waals surface area contributed by atoms with Crippen molar-refractivity contribution in [2.45, 2.75) is 38.4 Å². The maximum absolute atomic E-state index is 11.7. The minimum atomic E-state index is -0.192. The molecule has 2 N–H and O–H groups in total. The Hall–Kier alpha value is -0.610. The van der Waals surface area contributed by atoms with Crippen molar-refractivity contribution in [3.8, 4) is 0 Å². The molecule has 4 nitrogen and oxygen atoms in total. The number of carbonyl (C=O) groups is 1. The van der Waals surface area contributed by atoms with E-state index in [1.807, 2.05) is 0 Å². The van der Waals surface area contributed by atoms with Crippen molar-refractivity contribution in [1.29, 1.82) is 0 Å². The molecule has 0 saturated carbocycles. The van der Waals surface area contributed by atoms with Crippen LogP contribution >= 0.6 is 0 Å². The van der Waals surface area contributed by atoms with E-state index in [4.69, 9.17) is 4.74 Å². The summed E-state index contributed by atoms with van der Waals surface area (Å²) in [6, 6.07) is 0. The molecule has 0 aromatic heterocycles. The van der Waals surface area contributed by atoms with E-state index in [1.165, 1.54) is 0 Å². The number of rotatable bonds is 4. The summed E-state index contributed by atoms with van der Waals surface area (Å²) in [5, 5.41) is 6.16. The van der Waals surface area contributed by atoms with E-state index in [0.29, 0.717) is 12.0 Å². The molecule has 0 aromatic carbocycles. The third-order valence-electron chi connectivity index (χ3n) is 3.29. The summed E-state index contributed by atoms with van der Waals surface area (Å²) < 4.78 is 5.63. The van der Waals surface area contributed by atoms with Gasteiger partial charge in [0.25, 0.3) is 0 Å². The lowest BCUT2D eigenvalue weighted by molar-refractivity contribution is -0.132. The van der Waals surface area contributed by atoms with Gasteiger partial charge in [0.05, 0.1) is 6.10 Å². The van der Waals surface area contributed by atoms with Gasteiger partial charge >= 0.3 is 0 Å². The van der Waals surface area contributed by atoms with E-state index >= 15 is 0 Å². The Kier molecular flexibility index (Phi) is 3.59. The van der Waals surface area contributed by atoms with Gasteiger partial charge in [0.2, 0.25) is 5.91 Å². The van der Waals surface area contributed by atoms with Crippen LogP contribution in [0.1, 0.15) is 26.2 Å². The lowest BCUT2D eigenvalue weighted by Gasteiger charge is -2.27. The highest BCUT2D eigenvalue weighted by Gasteiger charge is 2.30. The molecule has 2 atom stereocenters. The van der Waals surface area contributed by atoms with Crippen molar-refractivity contribution in [3.63, 3.8) is 0 Å². The quantitative estimate of drug-likeness (QED) is 0.704. The average Bonchev–Trinajstić information content (AvgIpc) is 2.63. The van der Waals surface area contributed by atoms with Crippen molar-refractivity contribution in [3.05, 3.63) is 0 Å².